The molecule has 0 fully saturated rings. The van der Waals surface area contributed by atoms with Crippen LogP contribution in [0.1, 0.15) is 17.5 Å². The van der Waals surface area contributed by atoms with E-state index in [1.807, 2.05) is 6.92 Å². The fourth-order valence-corrected chi connectivity index (χ4v) is 1.93. The molecule has 0 saturated carbocycles. The Morgan fingerprint density at radius 2 is 1.91 bits per heavy atom. The first-order chi connectivity index (χ1) is 10.6. The van der Waals surface area contributed by atoms with Gasteiger partial charge in [0, 0.05) is 5.69 Å². The lowest BCUT2D eigenvalue weighted by molar-refractivity contribution is -0.119. The molecule has 0 unspecified atom stereocenters. The maximum absolute atomic E-state index is 11.7. The second kappa shape index (κ2) is 7.65. The first-order valence-corrected chi connectivity index (χ1v) is 7.33. The summed E-state index contributed by atoms with van der Waals surface area (Å²) in [7, 11) is 0. The van der Waals surface area contributed by atoms with Gasteiger partial charge in [0.1, 0.15) is 5.75 Å². The van der Waals surface area contributed by atoms with Crippen LogP contribution in [-0.2, 0) is 9.53 Å². The molecule has 22 heavy (non-hydrogen) atoms. The van der Waals surface area contributed by atoms with Gasteiger partial charge in [-0.05, 0) is 59.3 Å². The van der Waals surface area contributed by atoms with E-state index in [2.05, 4.69) is 21.2 Å². The molecule has 2 rings (SSSR count). The van der Waals surface area contributed by atoms with Gasteiger partial charge in [-0.3, -0.25) is 4.79 Å². The van der Waals surface area contributed by atoms with Gasteiger partial charge in [0.15, 0.2) is 11.3 Å². The van der Waals surface area contributed by atoms with Crippen molar-refractivity contribution >= 4 is 33.5 Å². The fraction of sp³-hybridized carbons (Fsp3) is 0.200. The van der Waals surface area contributed by atoms with Crippen molar-refractivity contribution in [1.29, 1.82) is 0 Å². The maximum atomic E-state index is 11.7. The zero-order valence-electron chi connectivity index (χ0n) is 11.8. The van der Waals surface area contributed by atoms with Crippen LogP contribution < -0.4 is 10.1 Å². The lowest BCUT2D eigenvalue weighted by Gasteiger charge is -2.07. The van der Waals surface area contributed by atoms with Gasteiger partial charge < -0.3 is 19.2 Å². The van der Waals surface area contributed by atoms with Crippen molar-refractivity contribution < 1.29 is 23.5 Å². The van der Waals surface area contributed by atoms with Crippen molar-refractivity contribution in [2.24, 2.45) is 0 Å². The first kappa shape index (κ1) is 16.1. The van der Waals surface area contributed by atoms with Crippen LogP contribution in [0, 0.1) is 0 Å². The van der Waals surface area contributed by atoms with Crippen molar-refractivity contribution in [1.82, 2.24) is 0 Å². The highest BCUT2D eigenvalue weighted by molar-refractivity contribution is 9.10. The lowest BCUT2D eigenvalue weighted by Crippen LogP contribution is -2.20. The van der Waals surface area contributed by atoms with Crippen LogP contribution in [0.3, 0.4) is 0 Å². The number of hydrogen-bond donors (Lipinski definition) is 1. The summed E-state index contributed by atoms with van der Waals surface area (Å²) in [6.45, 7) is 2.07. The van der Waals surface area contributed by atoms with Crippen molar-refractivity contribution in [3.63, 3.8) is 0 Å². The number of ether oxygens (including phenoxy) is 2. The van der Waals surface area contributed by atoms with Gasteiger partial charge in [0.2, 0.25) is 5.76 Å². The quantitative estimate of drug-likeness (QED) is 0.793. The predicted molar refractivity (Wildman–Crippen MR) is 82.9 cm³/mol. The van der Waals surface area contributed by atoms with Crippen LogP contribution in [-0.4, -0.2) is 25.1 Å². The zero-order chi connectivity index (χ0) is 15.9. The smallest absolute Gasteiger partial charge is 0.374 e. The largest absolute Gasteiger partial charge is 0.494 e. The molecule has 0 radical (unpaired) electrons. The second-order valence-corrected chi connectivity index (χ2v) is 4.97. The average molecular weight is 368 g/mol. The second-order valence-electron chi connectivity index (χ2n) is 4.19. The van der Waals surface area contributed by atoms with Gasteiger partial charge in [-0.2, -0.15) is 0 Å². The summed E-state index contributed by atoms with van der Waals surface area (Å²) in [5.74, 6) is -0.397. The molecule has 0 aliphatic carbocycles. The van der Waals surface area contributed by atoms with Gasteiger partial charge >= 0.3 is 5.97 Å². The SMILES string of the molecule is CCOc1ccc(NC(=O)COC(=O)c2ccc(Br)o2)cc1. The molecule has 1 aromatic heterocycles. The summed E-state index contributed by atoms with van der Waals surface area (Å²) in [6, 6.07) is 9.91. The van der Waals surface area contributed by atoms with Crippen LogP contribution in [0.2, 0.25) is 0 Å². The molecule has 0 saturated heterocycles. The Labute approximate surface area is 135 Å². The molecule has 0 aliphatic heterocycles. The molecule has 1 aromatic carbocycles. The number of nitrogens with one attached hydrogen (secondary N) is 1. The van der Waals surface area contributed by atoms with E-state index in [9.17, 15) is 9.59 Å². The Bertz CT molecular complexity index is 650. The van der Waals surface area contributed by atoms with E-state index in [0.29, 0.717) is 17.0 Å². The van der Waals surface area contributed by atoms with Gasteiger partial charge in [0.25, 0.3) is 5.91 Å². The van der Waals surface area contributed by atoms with Crippen molar-refractivity contribution in [3.8, 4) is 5.75 Å². The third-order valence-electron chi connectivity index (χ3n) is 2.56. The molecular weight excluding hydrogens is 354 g/mol. The van der Waals surface area contributed by atoms with Crippen molar-refractivity contribution in [2.75, 3.05) is 18.5 Å². The molecule has 2 aromatic rings. The number of carbonyl (C=O) groups is 2. The Morgan fingerprint density at radius 3 is 2.50 bits per heavy atom. The molecule has 1 N–H and O–H groups in total. The van der Waals surface area contributed by atoms with Gasteiger partial charge in [-0.25, -0.2) is 4.79 Å². The predicted octanol–water partition coefficient (Wildman–Crippen LogP) is 3.24. The normalized spacial score (nSPS) is 10.1. The van der Waals surface area contributed by atoms with E-state index < -0.39 is 18.5 Å². The number of rotatable bonds is 6. The molecule has 0 atom stereocenters. The third-order valence-corrected chi connectivity index (χ3v) is 2.98. The summed E-state index contributed by atoms with van der Waals surface area (Å²) in [5, 5.41) is 2.61. The van der Waals surface area contributed by atoms with E-state index in [4.69, 9.17) is 13.9 Å². The van der Waals surface area contributed by atoms with Crippen LogP contribution >= 0.6 is 15.9 Å². The van der Waals surface area contributed by atoms with E-state index in [1.54, 1.807) is 30.3 Å². The van der Waals surface area contributed by atoms with Gasteiger partial charge in [-0.15, -0.1) is 0 Å². The lowest BCUT2D eigenvalue weighted by atomic mass is 10.3. The van der Waals surface area contributed by atoms with Crippen molar-refractivity contribution in [2.45, 2.75) is 6.92 Å². The number of benzene rings is 1. The Morgan fingerprint density at radius 1 is 1.18 bits per heavy atom. The number of anilines is 1. The molecule has 7 heteroatoms. The Hall–Kier alpha value is -2.28. The summed E-state index contributed by atoms with van der Waals surface area (Å²) in [6.07, 6.45) is 0. The van der Waals surface area contributed by atoms with Crippen LogP contribution in [0.4, 0.5) is 5.69 Å². The van der Waals surface area contributed by atoms with Gasteiger partial charge in [-0.1, -0.05) is 0 Å². The average Bonchev–Trinajstić information content (AvgIpc) is 2.94. The van der Waals surface area contributed by atoms with Gasteiger partial charge in [0.05, 0.1) is 6.61 Å². The summed E-state index contributed by atoms with van der Waals surface area (Å²) >= 11 is 3.08. The summed E-state index contributed by atoms with van der Waals surface area (Å²) in [5.41, 5.74) is 0.588. The highest BCUT2D eigenvalue weighted by Gasteiger charge is 2.14. The summed E-state index contributed by atoms with van der Waals surface area (Å²) in [4.78, 5) is 23.3. The minimum absolute atomic E-state index is 0.0285. The topological polar surface area (TPSA) is 77.8 Å². The van der Waals surface area contributed by atoms with Crippen LogP contribution in [0.5, 0.6) is 5.75 Å². The summed E-state index contributed by atoms with van der Waals surface area (Å²) < 4.78 is 15.6. The Kier molecular flexibility index (Phi) is 5.60. The van der Waals surface area contributed by atoms with Crippen LogP contribution in [0.25, 0.3) is 0 Å². The number of esters is 1. The molecule has 0 spiro atoms. The van der Waals surface area contributed by atoms with Crippen molar-refractivity contribution in [3.05, 3.63) is 46.8 Å². The molecule has 1 heterocycles. The standard InChI is InChI=1S/C15H14BrNO5/c1-2-20-11-5-3-10(4-6-11)17-14(18)9-21-15(19)12-7-8-13(16)22-12/h3-8H,2,9H2,1H3,(H,17,18). The number of amides is 1. The minimum Gasteiger partial charge on any atom is -0.494 e. The maximum Gasteiger partial charge on any atom is 0.374 e. The van der Waals surface area contributed by atoms with Crippen LogP contribution in [0.15, 0.2) is 45.5 Å². The highest BCUT2D eigenvalue weighted by atomic mass is 79.9. The fourth-order valence-electron chi connectivity index (χ4n) is 1.62. The third kappa shape index (κ3) is 4.63. The minimum atomic E-state index is -0.701. The molecule has 116 valence electrons. The number of furan rings is 1. The zero-order valence-corrected chi connectivity index (χ0v) is 13.4. The number of carbonyl (C=O) groups excluding carboxylic acids is 2. The molecule has 6 nitrogen and oxygen atoms in total. The van der Waals surface area contributed by atoms with E-state index in [0.717, 1.165) is 5.75 Å². The highest BCUT2D eigenvalue weighted by Crippen LogP contribution is 2.16. The Balaban J connectivity index is 1.81. The first-order valence-electron chi connectivity index (χ1n) is 6.53. The molecule has 1 amide bonds. The monoisotopic (exact) mass is 367 g/mol. The molecular formula is C15H14BrNO5. The molecule has 0 aliphatic rings. The molecule has 0 bridgehead atoms. The number of hydrogen-bond acceptors (Lipinski definition) is 5. The van der Waals surface area contributed by atoms with E-state index in [-0.39, 0.29) is 5.76 Å². The number of halogens is 1. The van der Waals surface area contributed by atoms with E-state index >= 15 is 0 Å². The van der Waals surface area contributed by atoms with E-state index in [1.165, 1.54) is 6.07 Å².